The molecule has 1 N–H and O–H groups in total. The van der Waals surface area contributed by atoms with Gasteiger partial charge in [0.1, 0.15) is 5.75 Å². The van der Waals surface area contributed by atoms with E-state index in [1.54, 1.807) is 7.11 Å². The number of hydrogen-bond acceptors (Lipinski definition) is 2. The molecule has 0 bridgehead atoms. The average molecular weight is 411 g/mol. The SMILES string of the molecule is COc1cccc(-n2c(-c3ccccc3)cc(C(=O)NCCc3ccccc3)c2C)c1. The zero-order chi connectivity index (χ0) is 21.6. The van der Waals surface area contributed by atoms with Crippen LogP contribution in [0.2, 0.25) is 0 Å². The number of methoxy groups -OCH3 is 1. The second-order valence-electron chi connectivity index (χ2n) is 7.42. The van der Waals surface area contributed by atoms with Crippen LogP contribution in [0.25, 0.3) is 16.9 Å². The van der Waals surface area contributed by atoms with Crippen molar-refractivity contribution >= 4 is 5.91 Å². The molecule has 4 rings (SSSR count). The molecule has 4 heteroatoms. The molecule has 0 saturated carbocycles. The monoisotopic (exact) mass is 410 g/mol. The number of carbonyl (C=O) groups excluding carboxylic acids is 1. The molecule has 0 aliphatic heterocycles. The Morgan fingerprint density at radius 1 is 0.903 bits per heavy atom. The van der Waals surface area contributed by atoms with Crippen LogP contribution in [0, 0.1) is 6.92 Å². The van der Waals surface area contributed by atoms with Gasteiger partial charge in [-0.25, -0.2) is 0 Å². The number of hydrogen-bond donors (Lipinski definition) is 1. The van der Waals surface area contributed by atoms with Gasteiger partial charge >= 0.3 is 0 Å². The minimum atomic E-state index is -0.0627. The predicted molar refractivity (Wildman–Crippen MR) is 125 cm³/mol. The summed E-state index contributed by atoms with van der Waals surface area (Å²) in [6, 6.07) is 30.2. The Labute approximate surface area is 183 Å². The summed E-state index contributed by atoms with van der Waals surface area (Å²) in [6.45, 7) is 2.57. The van der Waals surface area contributed by atoms with E-state index < -0.39 is 0 Å². The molecule has 156 valence electrons. The van der Waals surface area contributed by atoms with Crippen molar-refractivity contribution in [2.45, 2.75) is 13.3 Å². The number of aromatic nitrogens is 1. The lowest BCUT2D eigenvalue weighted by Gasteiger charge is -2.13. The lowest BCUT2D eigenvalue weighted by Crippen LogP contribution is -2.26. The van der Waals surface area contributed by atoms with Gasteiger partial charge in [0.25, 0.3) is 5.91 Å². The molecule has 1 amide bonds. The zero-order valence-electron chi connectivity index (χ0n) is 17.8. The summed E-state index contributed by atoms with van der Waals surface area (Å²) in [6.07, 6.45) is 0.799. The molecule has 0 aliphatic carbocycles. The van der Waals surface area contributed by atoms with Crippen LogP contribution in [0.15, 0.2) is 91.0 Å². The molecule has 4 nitrogen and oxygen atoms in total. The number of nitrogens with one attached hydrogen (secondary N) is 1. The number of rotatable bonds is 7. The van der Waals surface area contributed by atoms with E-state index in [2.05, 4.69) is 34.1 Å². The molecule has 1 heterocycles. The first-order valence-corrected chi connectivity index (χ1v) is 10.4. The fourth-order valence-electron chi connectivity index (χ4n) is 3.80. The minimum Gasteiger partial charge on any atom is -0.497 e. The van der Waals surface area contributed by atoms with Gasteiger partial charge in [-0.2, -0.15) is 0 Å². The third-order valence-electron chi connectivity index (χ3n) is 5.41. The Kier molecular flexibility index (Phi) is 6.18. The first kappa shape index (κ1) is 20.5. The third-order valence-corrected chi connectivity index (χ3v) is 5.41. The molecule has 0 spiro atoms. The first-order valence-electron chi connectivity index (χ1n) is 10.4. The van der Waals surface area contributed by atoms with Crippen LogP contribution in [0.3, 0.4) is 0 Å². The van der Waals surface area contributed by atoms with Gasteiger partial charge in [-0.15, -0.1) is 0 Å². The zero-order valence-corrected chi connectivity index (χ0v) is 17.8. The van der Waals surface area contributed by atoms with E-state index in [1.165, 1.54) is 5.56 Å². The number of amides is 1. The molecule has 0 fully saturated rings. The Bertz CT molecular complexity index is 1160. The molecule has 1 aromatic heterocycles. The molecule has 0 unspecified atom stereocenters. The maximum atomic E-state index is 13.1. The number of carbonyl (C=O) groups is 1. The quantitative estimate of drug-likeness (QED) is 0.441. The van der Waals surface area contributed by atoms with Crippen molar-refractivity contribution in [2.24, 2.45) is 0 Å². The first-order chi connectivity index (χ1) is 15.2. The highest BCUT2D eigenvalue weighted by molar-refractivity contribution is 5.97. The van der Waals surface area contributed by atoms with Crippen LogP contribution >= 0.6 is 0 Å². The molecule has 4 aromatic rings. The highest BCUT2D eigenvalue weighted by Crippen LogP contribution is 2.30. The lowest BCUT2D eigenvalue weighted by molar-refractivity contribution is 0.0953. The largest absolute Gasteiger partial charge is 0.497 e. The predicted octanol–water partition coefficient (Wildman–Crippen LogP) is 5.43. The highest BCUT2D eigenvalue weighted by atomic mass is 16.5. The van der Waals surface area contributed by atoms with E-state index >= 15 is 0 Å². The number of benzene rings is 3. The number of ether oxygens (including phenoxy) is 1. The van der Waals surface area contributed by atoms with Crippen molar-refractivity contribution in [1.82, 2.24) is 9.88 Å². The van der Waals surface area contributed by atoms with Gasteiger partial charge in [-0.05, 0) is 42.7 Å². The van der Waals surface area contributed by atoms with Crippen LogP contribution in [0.5, 0.6) is 5.75 Å². The van der Waals surface area contributed by atoms with E-state index in [0.717, 1.165) is 34.8 Å². The van der Waals surface area contributed by atoms with Gasteiger partial charge in [0.2, 0.25) is 0 Å². The fraction of sp³-hybridized carbons (Fsp3) is 0.148. The van der Waals surface area contributed by atoms with Crippen LogP contribution in [-0.4, -0.2) is 24.1 Å². The number of nitrogens with zero attached hydrogens (tertiary/aromatic N) is 1. The second-order valence-corrected chi connectivity index (χ2v) is 7.42. The van der Waals surface area contributed by atoms with Gasteiger partial charge in [0, 0.05) is 24.0 Å². The maximum absolute atomic E-state index is 13.1. The third kappa shape index (κ3) is 4.53. The topological polar surface area (TPSA) is 43.3 Å². The van der Waals surface area contributed by atoms with Gasteiger partial charge < -0.3 is 14.6 Å². The Hall–Kier alpha value is -3.79. The Morgan fingerprint density at radius 3 is 2.32 bits per heavy atom. The lowest BCUT2D eigenvalue weighted by atomic mass is 10.1. The summed E-state index contributed by atoms with van der Waals surface area (Å²) in [5.41, 5.74) is 5.76. The average Bonchev–Trinajstić information content (AvgIpc) is 3.17. The van der Waals surface area contributed by atoms with E-state index in [9.17, 15) is 4.79 Å². The van der Waals surface area contributed by atoms with Crippen molar-refractivity contribution in [2.75, 3.05) is 13.7 Å². The molecule has 0 radical (unpaired) electrons. The van der Waals surface area contributed by atoms with Crippen molar-refractivity contribution in [1.29, 1.82) is 0 Å². The van der Waals surface area contributed by atoms with E-state index in [-0.39, 0.29) is 5.91 Å². The fourth-order valence-corrected chi connectivity index (χ4v) is 3.80. The summed E-state index contributed by atoms with van der Waals surface area (Å²) < 4.78 is 7.53. The van der Waals surface area contributed by atoms with Crippen LogP contribution in [0.4, 0.5) is 0 Å². The molecule has 0 aliphatic rings. The van der Waals surface area contributed by atoms with Crippen molar-refractivity contribution in [3.8, 4) is 22.7 Å². The summed E-state index contributed by atoms with van der Waals surface area (Å²) in [5.74, 6) is 0.714. The van der Waals surface area contributed by atoms with Crippen LogP contribution in [0.1, 0.15) is 21.6 Å². The smallest absolute Gasteiger partial charge is 0.253 e. The second kappa shape index (κ2) is 9.35. The van der Waals surface area contributed by atoms with Gasteiger partial charge in [0.15, 0.2) is 0 Å². The van der Waals surface area contributed by atoms with Gasteiger partial charge in [-0.3, -0.25) is 4.79 Å². The van der Waals surface area contributed by atoms with Gasteiger partial charge in [0.05, 0.1) is 18.4 Å². The molecule has 3 aromatic carbocycles. The molecular formula is C27H26N2O2. The minimum absolute atomic E-state index is 0.0627. The van der Waals surface area contributed by atoms with Crippen LogP contribution in [-0.2, 0) is 6.42 Å². The summed E-state index contributed by atoms with van der Waals surface area (Å²) >= 11 is 0. The highest BCUT2D eigenvalue weighted by Gasteiger charge is 2.19. The molecular weight excluding hydrogens is 384 g/mol. The molecule has 0 saturated heterocycles. The normalized spacial score (nSPS) is 10.6. The Morgan fingerprint density at radius 2 is 1.61 bits per heavy atom. The van der Waals surface area contributed by atoms with Crippen LogP contribution < -0.4 is 10.1 Å². The van der Waals surface area contributed by atoms with E-state index in [1.807, 2.05) is 73.7 Å². The van der Waals surface area contributed by atoms with Crippen molar-refractivity contribution in [3.05, 3.63) is 108 Å². The summed E-state index contributed by atoms with van der Waals surface area (Å²) in [4.78, 5) is 13.1. The summed E-state index contributed by atoms with van der Waals surface area (Å²) in [7, 11) is 1.66. The Balaban J connectivity index is 1.67. The maximum Gasteiger partial charge on any atom is 0.253 e. The molecule has 0 atom stereocenters. The van der Waals surface area contributed by atoms with Gasteiger partial charge in [-0.1, -0.05) is 66.7 Å². The molecule has 31 heavy (non-hydrogen) atoms. The van der Waals surface area contributed by atoms with E-state index in [0.29, 0.717) is 12.1 Å². The van der Waals surface area contributed by atoms with Crippen molar-refractivity contribution < 1.29 is 9.53 Å². The standard InChI is InChI=1S/C27H26N2O2/c1-20-25(27(30)28-17-16-21-10-5-3-6-11-21)19-26(22-12-7-4-8-13-22)29(20)23-14-9-15-24(18-23)31-2/h3-15,18-19H,16-17H2,1-2H3,(H,28,30). The summed E-state index contributed by atoms with van der Waals surface area (Å²) in [5, 5.41) is 3.08. The van der Waals surface area contributed by atoms with E-state index in [4.69, 9.17) is 4.74 Å². The van der Waals surface area contributed by atoms with Crippen molar-refractivity contribution in [3.63, 3.8) is 0 Å².